The highest BCUT2D eigenvalue weighted by Crippen LogP contribution is 2.35. The fourth-order valence-corrected chi connectivity index (χ4v) is 1.58. The van der Waals surface area contributed by atoms with Gasteiger partial charge in [-0.2, -0.15) is 5.10 Å². The topological polar surface area (TPSA) is 42.8 Å². The second-order valence-corrected chi connectivity index (χ2v) is 3.37. The Balaban J connectivity index is 2.33. The van der Waals surface area contributed by atoms with Gasteiger partial charge in [0.05, 0.1) is 0 Å². The van der Waals surface area contributed by atoms with Crippen LogP contribution in [0.5, 0.6) is 0 Å². The number of nitrogens with one attached hydrogen (secondary N) is 1. The number of H-pyrrole nitrogens is 1. The van der Waals surface area contributed by atoms with Crippen molar-refractivity contribution in [2.75, 3.05) is 7.11 Å². The molecule has 0 atom stereocenters. The zero-order valence-corrected chi connectivity index (χ0v) is 7.73. The van der Waals surface area contributed by atoms with Crippen LogP contribution in [0.1, 0.15) is 24.7 Å². The van der Waals surface area contributed by atoms with Crippen LogP contribution in [0, 0.1) is 4.77 Å². The Morgan fingerprint density at radius 3 is 3.08 bits per heavy atom. The van der Waals surface area contributed by atoms with Crippen molar-refractivity contribution in [3.63, 3.8) is 0 Å². The van der Waals surface area contributed by atoms with Gasteiger partial charge in [-0.1, -0.05) is 0 Å². The first-order valence-electron chi connectivity index (χ1n) is 3.97. The van der Waals surface area contributed by atoms with E-state index in [0.717, 1.165) is 5.82 Å². The van der Waals surface area contributed by atoms with Gasteiger partial charge in [0, 0.05) is 13.2 Å². The van der Waals surface area contributed by atoms with Crippen LogP contribution in [-0.4, -0.2) is 21.9 Å². The largest absolute Gasteiger partial charge is 0.377 e. The molecule has 1 aliphatic rings. The van der Waals surface area contributed by atoms with Crippen LogP contribution in [0.2, 0.25) is 0 Å². The molecule has 0 aromatic carbocycles. The molecule has 0 saturated heterocycles. The van der Waals surface area contributed by atoms with E-state index < -0.39 is 0 Å². The summed E-state index contributed by atoms with van der Waals surface area (Å²) in [7, 11) is 1.66. The SMILES string of the molecule is COCc1n[nH]c(=S)n1C1CC1. The van der Waals surface area contributed by atoms with Gasteiger partial charge in [-0.15, -0.1) is 0 Å². The lowest BCUT2D eigenvalue weighted by Gasteiger charge is -2.02. The molecule has 1 fully saturated rings. The Hall–Kier alpha value is -0.680. The summed E-state index contributed by atoms with van der Waals surface area (Å²) in [6.07, 6.45) is 2.43. The number of aromatic amines is 1. The number of rotatable bonds is 3. The predicted molar refractivity (Wildman–Crippen MR) is 46.4 cm³/mol. The van der Waals surface area contributed by atoms with Crippen molar-refractivity contribution < 1.29 is 4.74 Å². The van der Waals surface area contributed by atoms with E-state index in [1.807, 2.05) is 0 Å². The molecule has 66 valence electrons. The van der Waals surface area contributed by atoms with Crippen molar-refractivity contribution in [1.82, 2.24) is 14.8 Å². The third-order valence-corrected chi connectivity index (χ3v) is 2.25. The first-order chi connectivity index (χ1) is 5.83. The van der Waals surface area contributed by atoms with Gasteiger partial charge in [0.1, 0.15) is 6.61 Å². The van der Waals surface area contributed by atoms with Gasteiger partial charge in [-0.3, -0.25) is 9.67 Å². The van der Waals surface area contributed by atoms with Crippen molar-refractivity contribution in [3.8, 4) is 0 Å². The van der Waals surface area contributed by atoms with Crippen LogP contribution in [0.3, 0.4) is 0 Å². The summed E-state index contributed by atoms with van der Waals surface area (Å²) in [4.78, 5) is 0. The average molecular weight is 185 g/mol. The second-order valence-electron chi connectivity index (χ2n) is 2.98. The first kappa shape index (κ1) is 7.94. The molecule has 0 unspecified atom stereocenters. The zero-order valence-electron chi connectivity index (χ0n) is 6.91. The number of hydrogen-bond donors (Lipinski definition) is 1. The van der Waals surface area contributed by atoms with Gasteiger partial charge in [0.2, 0.25) is 0 Å². The fourth-order valence-electron chi connectivity index (χ4n) is 1.28. The predicted octanol–water partition coefficient (Wildman–Crippen LogP) is 1.42. The highest BCUT2D eigenvalue weighted by molar-refractivity contribution is 7.71. The van der Waals surface area contributed by atoms with Gasteiger partial charge >= 0.3 is 0 Å². The molecule has 12 heavy (non-hydrogen) atoms. The van der Waals surface area contributed by atoms with Gasteiger partial charge < -0.3 is 4.74 Å². The third-order valence-electron chi connectivity index (χ3n) is 1.96. The maximum Gasteiger partial charge on any atom is 0.195 e. The maximum atomic E-state index is 5.09. The number of nitrogens with zero attached hydrogens (tertiary/aromatic N) is 2. The van der Waals surface area contributed by atoms with Gasteiger partial charge in [-0.25, -0.2) is 0 Å². The average Bonchev–Trinajstić information content (AvgIpc) is 2.80. The molecule has 4 nitrogen and oxygen atoms in total. The smallest absolute Gasteiger partial charge is 0.195 e. The van der Waals surface area contributed by atoms with E-state index in [-0.39, 0.29) is 0 Å². The summed E-state index contributed by atoms with van der Waals surface area (Å²) in [5, 5.41) is 6.87. The van der Waals surface area contributed by atoms with Crippen molar-refractivity contribution in [3.05, 3.63) is 10.6 Å². The molecule has 1 saturated carbocycles. The molecule has 5 heteroatoms. The third kappa shape index (κ3) is 1.30. The lowest BCUT2D eigenvalue weighted by Crippen LogP contribution is -2.02. The Bertz CT molecular complexity index is 326. The van der Waals surface area contributed by atoms with E-state index in [1.54, 1.807) is 7.11 Å². The monoisotopic (exact) mass is 185 g/mol. The highest BCUT2D eigenvalue weighted by atomic mass is 32.1. The van der Waals surface area contributed by atoms with Crippen molar-refractivity contribution >= 4 is 12.2 Å². The van der Waals surface area contributed by atoms with Crippen LogP contribution < -0.4 is 0 Å². The molecule has 0 spiro atoms. The normalized spacial score (nSPS) is 16.8. The highest BCUT2D eigenvalue weighted by Gasteiger charge is 2.26. The van der Waals surface area contributed by atoms with Crippen LogP contribution in [-0.2, 0) is 11.3 Å². The van der Waals surface area contributed by atoms with Gasteiger partial charge in [-0.05, 0) is 25.1 Å². The van der Waals surface area contributed by atoms with Crippen LogP contribution in [0.25, 0.3) is 0 Å². The van der Waals surface area contributed by atoms with Gasteiger partial charge in [0.15, 0.2) is 10.6 Å². The summed E-state index contributed by atoms with van der Waals surface area (Å²) >= 11 is 5.09. The van der Waals surface area contributed by atoms with E-state index in [2.05, 4.69) is 14.8 Å². The van der Waals surface area contributed by atoms with Gasteiger partial charge in [0.25, 0.3) is 0 Å². The lowest BCUT2D eigenvalue weighted by molar-refractivity contribution is 0.174. The fraction of sp³-hybridized carbons (Fsp3) is 0.714. The molecular weight excluding hydrogens is 174 g/mol. The molecule has 0 bridgehead atoms. The molecule has 1 N–H and O–H groups in total. The molecule has 0 aliphatic heterocycles. The number of hydrogen-bond acceptors (Lipinski definition) is 3. The zero-order chi connectivity index (χ0) is 8.55. The molecule has 1 aromatic rings. The number of methoxy groups -OCH3 is 1. The number of ether oxygens (including phenoxy) is 1. The quantitative estimate of drug-likeness (QED) is 0.724. The van der Waals surface area contributed by atoms with E-state index in [9.17, 15) is 0 Å². The van der Waals surface area contributed by atoms with E-state index in [1.165, 1.54) is 12.8 Å². The molecule has 1 aromatic heterocycles. The Kier molecular flexibility index (Phi) is 1.98. The second kappa shape index (κ2) is 2.99. The summed E-state index contributed by atoms with van der Waals surface area (Å²) in [6.45, 7) is 0.531. The van der Waals surface area contributed by atoms with Crippen molar-refractivity contribution in [2.24, 2.45) is 0 Å². The minimum Gasteiger partial charge on any atom is -0.377 e. The maximum absolute atomic E-state index is 5.09. The van der Waals surface area contributed by atoms with Crippen LogP contribution >= 0.6 is 12.2 Å². The van der Waals surface area contributed by atoms with E-state index in [4.69, 9.17) is 17.0 Å². The van der Waals surface area contributed by atoms with E-state index in [0.29, 0.717) is 17.4 Å². The number of aromatic nitrogens is 3. The minimum atomic E-state index is 0.531. The summed E-state index contributed by atoms with van der Waals surface area (Å²) < 4.78 is 7.78. The standard InChI is InChI=1S/C7H11N3OS/c1-11-4-6-8-9-7(12)10(6)5-2-3-5/h5H,2-4H2,1H3,(H,9,12). The molecule has 0 amide bonds. The molecule has 1 aliphatic carbocycles. The molecule has 2 rings (SSSR count). The molecule has 0 radical (unpaired) electrons. The Morgan fingerprint density at radius 2 is 2.50 bits per heavy atom. The molecular formula is C7H11N3OS. The van der Waals surface area contributed by atoms with Crippen molar-refractivity contribution in [2.45, 2.75) is 25.5 Å². The summed E-state index contributed by atoms with van der Waals surface area (Å²) in [5.41, 5.74) is 0. The minimum absolute atomic E-state index is 0.531. The Labute approximate surface area is 75.5 Å². The first-order valence-corrected chi connectivity index (χ1v) is 4.38. The lowest BCUT2D eigenvalue weighted by atomic mass is 10.6. The summed E-state index contributed by atoms with van der Waals surface area (Å²) in [6, 6.07) is 0.571. The Morgan fingerprint density at radius 1 is 1.75 bits per heavy atom. The van der Waals surface area contributed by atoms with E-state index >= 15 is 0 Å². The van der Waals surface area contributed by atoms with Crippen LogP contribution in [0.4, 0.5) is 0 Å². The molecule has 1 heterocycles. The summed E-state index contributed by atoms with van der Waals surface area (Å²) in [5.74, 6) is 0.907. The van der Waals surface area contributed by atoms with Crippen molar-refractivity contribution in [1.29, 1.82) is 0 Å². The van der Waals surface area contributed by atoms with Crippen LogP contribution in [0.15, 0.2) is 0 Å².